The van der Waals surface area contributed by atoms with Crippen LogP contribution in [0.3, 0.4) is 0 Å². The highest BCUT2D eigenvalue weighted by Gasteiger charge is 2.58. The van der Waals surface area contributed by atoms with Gasteiger partial charge in [0, 0.05) is 11.1 Å². The molecular weight excluding hydrogens is 352 g/mol. The Hall–Kier alpha value is -1.75. The highest BCUT2D eigenvalue weighted by atomic mass is 79.9. The van der Waals surface area contributed by atoms with E-state index >= 15 is 0 Å². The monoisotopic (exact) mass is 365 g/mol. The third-order valence-electron chi connectivity index (χ3n) is 3.71. The predicted octanol–water partition coefficient (Wildman–Crippen LogP) is 4.66. The normalized spacial score (nSPS) is 21.4. The van der Waals surface area contributed by atoms with E-state index in [2.05, 4.69) is 20.9 Å². The van der Waals surface area contributed by atoms with Gasteiger partial charge >= 0.3 is 4.83 Å². The highest BCUT2D eigenvalue weighted by Crippen LogP contribution is 2.48. The Kier molecular flexibility index (Phi) is 3.77. The molecular formula is C17H14BrF2NO. The Labute approximate surface area is 136 Å². The van der Waals surface area contributed by atoms with E-state index in [0.717, 1.165) is 5.56 Å². The Morgan fingerprint density at radius 1 is 1.09 bits per heavy atom. The maximum Gasteiger partial charge on any atom is 0.346 e. The molecule has 0 saturated carbocycles. The molecule has 1 aliphatic rings. The van der Waals surface area contributed by atoms with Crippen molar-refractivity contribution in [2.75, 3.05) is 6.54 Å². The number of hydrogen-bond donors (Lipinski definition) is 0. The average molecular weight is 366 g/mol. The molecule has 22 heavy (non-hydrogen) atoms. The third-order valence-corrected chi connectivity index (χ3v) is 4.35. The second kappa shape index (κ2) is 5.47. The van der Waals surface area contributed by atoms with Gasteiger partial charge < -0.3 is 4.74 Å². The summed E-state index contributed by atoms with van der Waals surface area (Å²) in [7, 11) is 0. The zero-order valence-electron chi connectivity index (χ0n) is 11.9. The van der Waals surface area contributed by atoms with E-state index in [1.54, 1.807) is 36.4 Å². The second-order valence-corrected chi connectivity index (χ2v) is 6.28. The Morgan fingerprint density at radius 3 is 2.32 bits per heavy atom. The van der Waals surface area contributed by atoms with Crippen LogP contribution in [0.15, 0.2) is 59.6 Å². The third kappa shape index (κ3) is 2.54. The molecule has 0 bridgehead atoms. The fourth-order valence-electron chi connectivity index (χ4n) is 2.43. The van der Waals surface area contributed by atoms with Crippen molar-refractivity contribution in [1.29, 1.82) is 0 Å². The standard InChI is InChI=1S/C17H14BrF2NO/c1-12-7-9-14(10-8-12)16(17(18,19)20)11-21-15(22-16)13-5-3-2-4-6-13/h2-10H,11H2,1H3/t16-/m0/s1. The topological polar surface area (TPSA) is 21.6 Å². The van der Waals surface area contributed by atoms with Crippen molar-refractivity contribution in [3.8, 4) is 0 Å². The van der Waals surface area contributed by atoms with Crippen LogP contribution in [-0.4, -0.2) is 17.3 Å². The van der Waals surface area contributed by atoms with Gasteiger partial charge in [-0.2, -0.15) is 8.78 Å². The van der Waals surface area contributed by atoms with Crippen molar-refractivity contribution >= 4 is 21.8 Å². The molecule has 114 valence electrons. The van der Waals surface area contributed by atoms with Crippen LogP contribution in [0.4, 0.5) is 8.78 Å². The molecule has 2 aromatic carbocycles. The summed E-state index contributed by atoms with van der Waals surface area (Å²) in [5, 5.41) is 0. The van der Waals surface area contributed by atoms with Gasteiger partial charge in [-0.05, 0) is 35.0 Å². The summed E-state index contributed by atoms with van der Waals surface area (Å²) in [6, 6.07) is 16.0. The summed E-state index contributed by atoms with van der Waals surface area (Å²) in [6.45, 7) is 1.77. The summed E-state index contributed by atoms with van der Waals surface area (Å²) >= 11 is 2.49. The van der Waals surface area contributed by atoms with Gasteiger partial charge in [-0.3, -0.25) is 0 Å². The molecule has 0 amide bonds. The molecule has 5 heteroatoms. The molecule has 1 aliphatic heterocycles. The molecule has 2 aromatic rings. The van der Waals surface area contributed by atoms with E-state index in [-0.39, 0.29) is 12.4 Å². The average Bonchev–Trinajstić information content (AvgIpc) is 2.95. The molecule has 0 radical (unpaired) electrons. The van der Waals surface area contributed by atoms with Crippen LogP contribution in [0, 0.1) is 6.92 Å². The van der Waals surface area contributed by atoms with Gasteiger partial charge in [-0.25, -0.2) is 4.99 Å². The number of hydrogen-bond acceptors (Lipinski definition) is 2. The Balaban J connectivity index is 2.00. The van der Waals surface area contributed by atoms with Crippen molar-refractivity contribution in [1.82, 2.24) is 0 Å². The van der Waals surface area contributed by atoms with Crippen molar-refractivity contribution in [2.45, 2.75) is 17.4 Å². The zero-order chi connectivity index (χ0) is 15.8. The number of aryl methyl sites for hydroxylation is 1. The highest BCUT2D eigenvalue weighted by molar-refractivity contribution is 9.10. The van der Waals surface area contributed by atoms with Gasteiger partial charge in [0.15, 0.2) is 0 Å². The van der Waals surface area contributed by atoms with E-state index < -0.39 is 10.4 Å². The van der Waals surface area contributed by atoms with Gasteiger partial charge in [0.25, 0.3) is 0 Å². The quantitative estimate of drug-likeness (QED) is 0.725. The van der Waals surface area contributed by atoms with Crippen molar-refractivity contribution in [2.24, 2.45) is 4.99 Å². The number of nitrogens with zero attached hydrogens (tertiary/aromatic N) is 1. The van der Waals surface area contributed by atoms with E-state index in [1.165, 1.54) is 0 Å². The number of halogens is 3. The predicted molar refractivity (Wildman–Crippen MR) is 85.7 cm³/mol. The minimum atomic E-state index is -3.24. The summed E-state index contributed by atoms with van der Waals surface area (Å²) in [5.74, 6) is 0.236. The van der Waals surface area contributed by atoms with E-state index in [0.29, 0.717) is 11.1 Å². The second-order valence-electron chi connectivity index (χ2n) is 5.28. The molecule has 3 rings (SSSR count). The fourth-order valence-corrected chi connectivity index (χ4v) is 2.86. The van der Waals surface area contributed by atoms with Crippen molar-refractivity contribution < 1.29 is 13.5 Å². The van der Waals surface area contributed by atoms with Gasteiger partial charge in [-0.1, -0.05) is 48.0 Å². The summed E-state index contributed by atoms with van der Waals surface area (Å²) in [4.78, 5) is 0.968. The van der Waals surface area contributed by atoms with Crippen LogP contribution in [0.1, 0.15) is 16.7 Å². The van der Waals surface area contributed by atoms with Crippen molar-refractivity contribution in [3.63, 3.8) is 0 Å². The minimum absolute atomic E-state index is 0.140. The molecule has 2 nitrogen and oxygen atoms in total. The first-order valence-electron chi connectivity index (χ1n) is 6.85. The van der Waals surface area contributed by atoms with Gasteiger partial charge in [0.2, 0.25) is 11.5 Å². The van der Waals surface area contributed by atoms with Gasteiger partial charge in [0.05, 0.1) is 6.54 Å². The van der Waals surface area contributed by atoms with Crippen LogP contribution in [0.5, 0.6) is 0 Å². The first-order chi connectivity index (χ1) is 10.4. The van der Waals surface area contributed by atoms with E-state index in [4.69, 9.17) is 4.74 Å². The molecule has 0 N–H and O–H groups in total. The Bertz CT molecular complexity index is 695. The first-order valence-corrected chi connectivity index (χ1v) is 7.64. The maximum absolute atomic E-state index is 14.3. The number of aliphatic imine (C=N–C) groups is 1. The Morgan fingerprint density at radius 2 is 1.73 bits per heavy atom. The smallest absolute Gasteiger partial charge is 0.346 e. The lowest BCUT2D eigenvalue weighted by molar-refractivity contribution is -0.0923. The molecule has 0 aromatic heterocycles. The van der Waals surface area contributed by atoms with Crippen LogP contribution in [-0.2, 0) is 10.3 Å². The minimum Gasteiger partial charge on any atom is -0.456 e. The summed E-state index contributed by atoms with van der Waals surface area (Å²) in [5.41, 5.74) is 0.258. The van der Waals surface area contributed by atoms with E-state index in [1.807, 2.05) is 25.1 Å². The molecule has 0 saturated heterocycles. The lowest BCUT2D eigenvalue weighted by Gasteiger charge is -2.33. The van der Waals surface area contributed by atoms with E-state index in [9.17, 15) is 8.78 Å². The summed E-state index contributed by atoms with van der Waals surface area (Å²) < 4.78 is 34.2. The van der Waals surface area contributed by atoms with Crippen LogP contribution in [0.25, 0.3) is 0 Å². The zero-order valence-corrected chi connectivity index (χ0v) is 13.5. The fraction of sp³-hybridized carbons (Fsp3) is 0.235. The largest absolute Gasteiger partial charge is 0.456 e. The molecule has 1 heterocycles. The molecule has 0 fully saturated rings. The number of rotatable bonds is 3. The molecule has 1 atom stereocenters. The van der Waals surface area contributed by atoms with Crippen molar-refractivity contribution in [3.05, 3.63) is 71.3 Å². The lowest BCUT2D eigenvalue weighted by Crippen LogP contribution is -2.44. The SMILES string of the molecule is Cc1ccc([C@]2(C(F)(F)Br)CN=C(c3ccccc3)O2)cc1. The lowest BCUT2D eigenvalue weighted by atomic mass is 9.93. The van der Waals surface area contributed by atoms with Crippen LogP contribution < -0.4 is 0 Å². The molecule has 0 aliphatic carbocycles. The van der Waals surface area contributed by atoms with Crippen LogP contribution >= 0.6 is 15.9 Å². The van der Waals surface area contributed by atoms with Crippen LogP contribution in [0.2, 0.25) is 0 Å². The maximum atomic E-state index is 14.3. The number of benzene rings is 2. The number of ether oxygens (including phenoxy) is 1. The first kappa shape index (κ1) is 15.2. The molecule has 0 unspecified atom stereocenters. The van der Waals surface area contributed by atoms with Gasteiger partial charge in [0.1, 0.15) is 0 Å². The number of alkyl halides is 3. The van der Waals surface area contributed by atoms with Gasteiger partial charge in [-0.15, -0.1) is 0 Å². The molecule has 0 spiro atoms. The summed E-state index contributed by atoms with van der Waals surface area (Å²) in [6.07, 6.45) is 0.